The van der Waals surface area contributed by atoms with E-state index in [1.165, 1.54) is 0 Å². The summed E-state index contributed by atoms with van der Waals surface area (Å²) in [6, 6.07) is 3.69. The molecule has 0 saturated heterocycles. The Kier molecular flexibility index (Phi) is 1.62. The first-order chi connectivity index (χ1) is 6.20. The average Bonchev–Trinajstić information content (AvgIpc) is 2.42. The first-order valence-corrected chi connectivity index (χ1v) is 4.10. The van der Waals surface area contributed by atoms with E-state index in [1.54, 1.807) is 7.05 Å². The maximum absolute atomic E-state index is 11.0. The molecule has 0 spiro atoms. The molecule has 0 radical (unpaired) electrons. The predicted molar refractivity (Wildman–Crippen MR) is 52.7 cm³/mol. The summed E-state index contributed by atoms with van der Waals surface area (Å²) in [7, 11) is 1.80. The highest BCUT2D eigenvalue weighted by Crippen LogP contribution is 2.30. The molecule has 13 heavy (non-hydrogen) atoms. The van der Waals surface area contributed by atoms with Gasteiger partial charge in [-0.2, -0.15) is 0 Å². The van der Waals surface area contributed by atoms with Crippen LogP contribution in [0.4, 0.5) is 17.1 Å². The maximum atomic E-state index is 11.0. The molecule has 2 rings (SSSR count). The zero-order valence-corrected chi connectivity index (χ0v) is 7.35. The number of nitrogens with two attached hydrogens (primary N) is 1. The molecule has 0 saturated carbocycles. The van der Waals surface area contributed by atoms with Gasteiger partial charge in [-0.3, -0.25) is 4.79 Å². The van der Waals surface area contributed by atoms with Crippen LogP contribution in [-0.4, -0.2) is 13.0 Å². The van der Waals surface area contributed by atoms with Crippen LogP contribution < -0.4 is 16.4 Å². The fourth-order valence-corrected chi connectivity index (χ4v) is 1.51. The number of hydrogen-bond donors (Lipinski definition) is 3. The van der Waals surface area contributed by atoms with Crippen molar-refractivity contribution in [3.05, 3.63) is 17.7 Å². The van der Waals surface area contributed by atoms with Crippen LogP contribution in [-0.2, 0) is 11.2 Å². The maximum Gasteiger partial charge on any atom is 0.228 e. The highest BCUT2D eigenvalue weighted by Gasteiger charge is 2.18. The van der Waals surface area contributed by atoms with Crippen LogP contribution in [0.3, 0.4) is 0 Å². The molecule has 4 N–H and O–H groups in total. The molecule has 1 aromatic carbocycles. The van der Waals surface area contributed by atoms with E-state index in [2.05, 4.69) is 10.6 Å². The molecule has 1 amide bonds. The van der Waals surface area contributed by atoms with Crippen molar-refractivity contribution < 1.29 is 4.79 Å². The van der Waals surface area contributed by atoms with Crippen molar-refractivity contribution in [1.82, 2.24) is 0 Å². The molecule has 1 aliphatic rings. The van der Waals surface area contributed by atoms with Crippen LogP contribution in [0.25, 0.3) is 0 Å². The number of benzene rings is 1. The van der Waals surface area contributed by atoms with E-state index in [-0.39, 0.29) is 5.91 Å². The SMILES string of the molecule is CNc1cc2c(cc1N)CC(=O)N2. The third-order valence-electron chi connectivity index (χ3n) is 2.17. The molecule has 0 aliphatic carbocycles. The van der Waals surface area contributed by atoms with Gasteiger partial charge in [0.15, 0.2) is 0 Å². The summed E-state index contributed by atoms with van der Waals surface area (Å²) in [5, 5.41) is 5.73. The Hall–Kier alpha value is -1.71. The van der Waals surface area contributed by atoms with E-state index in [9.17, 15) is 4.79 Å². The Morgan fingerprint density at radius 3 is 3.00 bits per heavy atom. The first kappa shape index (κ1) is 7.91. The van der Waals surface area contributed by atoms with Gasteiger partial charge in [-0.05, 0) is 17.7 Å². The lowest BCUT2D eigenvalue weighted by atomic mass is 10.1. The Bertz CT molecular complexity index is 373. The van der Waals surface area contributed by atoms with Gasteiger partial charge in [-0.25, -0.2) is 0 Å². The molecule has 1 aliphatic heterocycles. The Labute approximate surface area is 76.1 Å². The number of fused-ring (bicyclic) bond motifs is 1. The minimum Gasteiger partial charge on any atom is -0.397 e. The van der Waals surface area contributed by atoms with Crippen LogP contribution in [0.5, 0.6) is 0 Å². The molecule has 4 heteroatoms. The van der Waals surface area contributed by atoms with E-state index < -0.39 is 0 Å². The van der Waals surface area contributed by atoms with Gasteiger partial charge in [0.05, 0.1) is 17.8 Å². The van der Waals surface area contributed by atoms with Gasteiger partial charge >= 0.3 is 0 Å². The predicted octanol–water partition coefficient (Wildman–Crippen LogP) is 0.805. The number of anilines is 3. The van der Waals surface area contributed by atoms with Gasteiger partial charge in [0.25, 0.3) is 0 Å². The highest BCUT2D eigenvalue weighted by molar-refractivity contribution is 6.00. The molecular formula is C9H11N3O. The zero-order chi connectivity index (χ0) is 9.42. The molecule has 0 bridgehead atoms. The Morgan fingerprint density at radius 2 is 2.31 bits per heavy atom. The van der Waals surface area contributed by atoms with Gasteiger partial charge in [0.1, 0.15) is 0 Å². The quantitative estimate of drug-likeness (QED) is 0.556. The second kappa shape index (κ2) is 2.65. The topological polar surface area (TPSA) is 67.1 Å². The van der Waals surface area contributed by atoms with Gasteiger partial charge in [0, 0.05) is 12.7 Å². The number of carbonyl (C=O) groups is 1. The Morgan fingerprint density at radius 1 is 1.54 bits per heavy atom. The molecule has 1 heterocycles. The summed E-state index contributed by atoms with van der Waals surface area (Å²) in [5.41, 5.74) is 9.11. The number of hydrogen-bond acceptors (Lipinski definition) is 3. The van der Waals surface area contributed by atoms with E-state index in [0.717, 1.165) is 16.9 Å². The first-order valence-electron chi connectivity index (χ1n) is 4.10. The van der Waals surface area contributed by atoms with Gasteiger partial charge in [-0.15, -0.1) is 0 Å². The lowest BCUT2D eigenvalue weighted by Crippen LogP contribution is -2.03. The lowest BCUT2D eigenvalue weighted by molar-refractivity contribution is -0.115. The number of carbonyl (C=O) groups excluding carboxylic acids is 1. The van der Waals surface area contributed by atoms with Crippen LogP contribution in [0.1, 0.15) is 5.56 Å². The van der Waals surface area contributed by atoms with Crippen molar-refractivity contribution in [2.45, 2.75) is 6.42 Å². The number of nitrogens with one attached hydrogen (secondary N) is 2. The van der Waals surface area contributed by atoms with Crippen LogP contribution in [0.15, 0.2) is 12.1 Å². The minimum absolute atomic E-state index is 0.0302. The third-order valence-corrected chi connectivity index (χ3v) is 2.17. The number of amides is 1. The molecule has 1 aromatic rings. The van der Waals surface area contributed by atoms with Gasteiger partial charge in [-0.1, -0.05) is 0 Å². The van der Waals surface area contributed by atoms with E-state index in [1.807, 2.05) is 12.1 Å². The zero-order valence-electron chi connectivity index (χ0n) is 7.35. The lowest BCUT2D eigenvalue weighted by Gasteiger charge is -2.07. The van der Waals surface area contributed by atoms with Crippen molar-refractivity contribution in [1.29, 1.82) is 0 Å². The van der Waals surface area contributed by atoms with Crippen LogP contribution in [0.2, 0.25) is 0 Å². The molecule has 0 atom stereocenters. The summed E-state index contributed by atoms with van der Waals surface area (Å²) in [6.45, 7) is 0. The number of nitrogen functional groups attached to an aromatic ring is 1. The summed E-state index contributed by atoms with van der Waals surface area (Å²) in [4.78, 5) is 11.0. The molecule has 0 fully saturated rings. The smallest absolute Gasteiger partial charge is 0.228 e. The molecular weight excluding hydrogens is 166 g/mol. The molecule has 4 nitrogen and oxygen atoms in total. The van der Waals surface area contributed by atoms with Crippen molar-refractivity contribution >= 4 is 23.0 Å². The van der Waals surface area contributed by atoms with E-state index in [0.29, 0.717) is 12.1 Å². The Balaban J connectivity index is 2.50. The van der Waals surface area contributed by atoms with Gasteiger partial charge in [0.2, 0.25) is 5.91 Å². The van der Waals surface area contributed by atoms with Crippen molar-refractivity contribution in [2.75, 3.05) is 23.4 Å². The summed E-state index contributed by atoms with van der Waals surface area (Å²) >= 11 is 0. The second-order valence-corrected chi connectivity index (χ2v) is 3.07. The fourth-order valence-electron chi connectivity index (χ4n) is 1.51. The van der Waals surface area contributed by atoms with Crippen molar-refractivity contribution in [3.8, 4) is 0 Å². The summed E-state index contributed by atoms with van der Waals surface area (Å²) in [6.07, 6.45) is 0.434. The van der Waals surface area contributed by atoms with E-state index >= 15 is 0 Å². The van der Waals surface area contributed by atoms with Crippen LogP contribution >= 0.6 is 0 Å². The standard InChI is InChI=1S/C9H11N3O/c1-11-8-4-7-5(2-6(8)10)3-9(13)12-7/h2,4,11H,3,10H2,1H3,(H,12,13). The largest absolute Gasteiger partial charge is 0.397 e. The molecule has 0 aromatic heterocycles. The molecule has 68 valence electrons. The van der Waals surface area contributed by atoms with Crippen LogP contribution in [0, 0.1) is 0 Å². The van der Waals surface area contributed by atoms with Crippen molar-refractivity contribution in [2.24, 2.45) is 0 Å². The van der Waals surface area contributed by atoms with Crippen molar-refractivity contribution in [3.63, 3.8) is 0 Å². The minimum atomic E-state index is 0.0302. The number of rotatable bonds is 1. The summed E-state index contributed by atoms with van der Waals surface area (Å²) in [5.74, 6) is 0.0302. The normalized spacial score (nSPS) is 13.8. The fraction of sp³-hybridized carbons (Fsp3) is 0.222. The monoisotopic (exact) mass is 177 g/mol. The highest BCUT2D eigenvalue weighted by atomic mass is 16.1. The second-order valence-electron chi connectivity index (χ2n) is 3.07. The molecule has 0 unspecified atom stereocenters. The summed E-state index contributed by atoms with van der Waals surface area (Å²) < 4.78 is 0. The third kappa shape index (κ3) is 1.20. The van der Waals surface area contributed by atoms with E-state index in [4.69, 9.17) is 5.73 Å². The average molecular weight is 177 g/mol. The van der Waals surface area contributed by atoms with Gasteiger partial charge < -0.3 is 16.4 Å².